The van der Waals surface area contributed by atoms with Crippen molar-refractivity contribution >= 4 is 28.5 Å². The molecule has 0 saturated carbocycles. The van der Waals surface area contributed by atoms with Crippen molar-refractivity contribution < 1.29 is 27.2 Å². The molecule has 8 heteroatoms. The number of benzene rings is 2. The Morgan fingerprint density at radius 2 is 1.87 bits per heavy atom. The quantitative estimate of drug-likeness (QED) is 0.634. The molecule has 0 radical (unpaired) electrons. The van der Waals surface area contributed by atoms with Crippen LogP contribution in [0.5, 0.6) is 0 Å². The Hall–Kier alpha value is -3.29. The largest absolute Gasteiger partial charge is 0.464 e. The number of fused-ring (bicyclic) bond motifs is 1. The summed E-state index contributed by atoms with van der Waals surface area (Å²) in [5.74, 6) is -1.07. The number of hydrogen-bond acceptors (Lipinski definition) is 3. The van der Waals surface area contributed by atoms with Crippen molar-refractivity contribution in [3.05, 3.63) is 65.4 Å². The molecular weight excluding hydrogens is 397 g/mol. The van der Waals surface area contributed by atoms with E-state index in [1.807, 2.05) is 25.1 Å². The predicted octanol–water partition coefficient (Wildman–Crippen LogP) is 4.65. The third kappa shape index (κ3) is 4.82. The van der Waals surface area contributed by atoms with Gasteiger partial charge in [0.05, 0.1) is 30.5 Å². The smallest absolute Gasteiger partial charge is 0.418 e. The topological polar surface area (TPSA) is 62.6 Å². The maximum Gasteiger partial charge on any atom is 0.418 e. The van der Waals surface area contributed by atoms with Crippen molar-refractivity contribution in [3.63, 3.8) is 0 Å². The highest BCUT2D eigenvalue weighted by molar-refractivity contribution is 5.96. The SMILES string of the molecule is CCc1ccc2c(CC(=O)N(C)CC(=O)Nc3ccccc3C(F)(F)F)coc2c1. The maximum atomic E-state index is 13.1. The molecule has 2 amide bonds. The van der Waals surface area contributed by atoms with E-state index in [1.54, 1.807) is 0 Å². The molecule has 0 spiro atoms. The highest BCUT2D eigenvalue weighted by Gasteiger charge is 2.33. The summed E-state index contributed by atoms with van der Waals surface area (Å²) < 4.78 is 44.7. The number of nitrogens with one attached hydrogen (secondary N) is 1. The molecule has 0 unspecified atom stereocenters. The summed E-state index contributed by atoms with van der Waals surface area (Å²) in [5.41, 5.74) is 1.20. The normalized spacial score (nSPS) is 11.5. The van der Waals surface area contributed by atoms with E-state index in [1.165, 1.54) is 36.4 Å². The molecule has 0 atom stereocenters. The molecule has 3 rings (SSSR count). The fraction of sp³-hybridized carbons (Fsp3) is 0.273. The number of likely N-dealkylation sites (N-methyl/N-ethyl adjacent to an activating group) is 1. The lowest BCUT2D eigenvalue weighted by molar-refractivity contribution is -0.137. The van der Waals surface area contributed by atoms with Crippen LogP contribution in [0, 0.1) is 0 Å². The first-order valence-electron chi connectivity index (χ1n) is 9.38. The van der Waals surface area contributed by atoms with E-state index in [4.69, 9.17) is 4.42 Å². The maximum absolute atomic E-state index is 13.1. The Morgan fingerprint density at radius 1 is 1.13 bits per heavy atom. The van der Waals surface area contributed by atoms with Gasteiger partial charge >= 0.3 is 6.18 Å². The number of halogens is 3. The van der Waals surface area contributed by atoms with Crippen LogP contribution in [0.3, 0.4) is 0 Å². The van der Waals surface area contributed by atoms with Crippen LogP contribution in [0.2, 0.25) is 0 Å². The van der Waals surface area contributed by atoms with Gasteiger partial charge < -0.3 is 14.6 Å². The molecule has 158 valence electrons. The Labute approximate surface area is 171 Å². The number of hydrogen-bond donors (Lipinski definition) is 1. The number of aryl methyl sites for hydroxylation is 1. The molecule has 1 N–H and O–H groups in total. The van der Waals surface area contributed by atoms with E-state index in [0.29, 0.717) is 11.1 Å². The van der Waals surface area contributed by atoms with Gasteiger partial charge in [0, 0.05) is 18.0 Å². The second-order valence-corrected chi connectivity index (χ2v) is 6.96. The zero-order valence-corrected chi connectivity index (χ0v) is 16.5. The van der Waals surface area contributed by atoms with Gasteiger partial charge in [0.15, 0.2) is 0 Å². The number of furan rings is 1. The van der Waals surface area contributed by atoms with Gasteiger partial charge in [-0.1, -0.05) is 31.2 Å². The molecule has 0 bridgehead atoms. The minimum absolute atomic E-state index is 0.0153. The molecule has 1 heterocycles. The summed E-state index contributed by atoms with van der Waals surface area (Å²) >= 11 is 0. The summed E-state index contributed by atoms with van der Waals surface area (Å²) in [6.07, 6.45) is -2.21. The lowest BCUT2D eigenvalue weighted by Gasteiger charge is -2.18. The molecule has 5 nitrogen and oxygen atoms in total. The molecule has 0 aliphatic carbocycles. The summed E-state index contributed by atoms with van der Waals surface area (Å²) in [5, 5.41) is 3.05. The molecular formula is C22H21F3N2O3. The molecule has 0 aliphatic heterocycles. The monoisotopic (exact) mass is 418 g/mol. The van der Waals surface area contributed by atoms with Crippen LogP contribution in [-0.2, 0) is 28.6 Å². The second kappa shape index (κ2) is 8.61. The Balaban J connectivity index is 1.64. The number of carbonyl (C=O) groups excluding carboxylic acids is 2. The first kappa shape index (κ1) is 21.4. The number of rotatable bonds is 6. The summed E-state index contributed by atoms with van der Waals surface area (Å²) in [6, 6.07) is 10.5. The van der Waals surface area contributed by atoms with Crippen molar-refractivity contribution in [1.82, 2.24) is 4.90 Å². The van der Waals surface area contributed by atoms with Crippen molar-refractivity contribution in [2.45, 2.75) is 25.9 Å². The highest BCUT2D eigenvalue weighted by atomic mass is 19.4. The number of nitrogens with zero attached hydrogens (tertiary/aromatic N) is 1. The zero-order valence-electron chi connectivity index (χ0n) is 16.5. The minimum Gasteiger partial charge on any atom is -0.464 e. The molecule has 2 aromatic carbocycles. The number of anilines is 1. The van der Waals surface area contributed by atoms with Crippen LogP contribution in [0.15, 0.2) is 53.1 Å². The van der Waals surface area contributed by atoms with Crippen molar-refractivity contribution in [2.24, 2.45) is 0 Å². The van der Waals surface area contributed by atoms with E-state index in [-0.39, 0.29) is 24.6 Å². The first-order chi connectivity index (χ1) is 14.2. The molecule has 0 fully saturated rings. The summed E-state index contributed by atoms with van der Waals surface area (Å²) in [6.45, 7) is 1.66. The average Bonchev–Trinajstić information content (AvgIpc) is 3.09. The van der Waals surface area contributed by atoms with Gasteiger partial charge in [0.1, 0.15) is 5.58 Å². The number of amides is 2. The van der Waals surface area contributed by atoms with Gasteiger partial charge in [0.25, 0.3) is 0 Å². The molecule has 1 aromatic heterocycles. The van der Waals surface area contributed by atoms with Gasteiger partial charge in [-0.3, -0.25) is 9.59 Å². The number of para-hydroxylation sites is 1. The van der Waals surface area contributed by atoms with Crippen LogP contribution in [-0.4, -0.2) is 30.3 Å². The van der Waals surface area contributed by atoms with Crippen molar-refractivity contribution in [1.29, 1.82) is 0 Å². The molecule has 30 heavy (non-hydrogen) atoms. The van der Waals surface area contributed by atoms with Crippen LogP contribution < -0.4 is 5.32 Å². The highest BCUT2D eigenvalue weighted by Crippen LogP contribution is 2.34. The van der Waals surface area contributed by atoms with Gasteiger partial charge in [-0.2, -0.15) is 13.2 Å². The molecule has 0 saturated heterocycles. The van der Waals surface area contributed by atoms with E-state index < -0.39 is 17.6 Å². The fourth-order valence-electron chi connectivity index (χ4n) is 3.11. The van der Waals surface area contributed by atoms with Crippen LogP contribution in [0.1, 0.15) is 23.6 Å². The fourth-order valence-corrected chi connectivity index (χ4v) is 3.11. The number of alkyl halides is 3. The second-order valence-electron chi connectivity index (χ2n) is 6.96. The van der Waals surface area contributed by atoms with Crippen LogP contribution >= 0.6 is 0 Å². The van der Waals surface area contributed by atoms with E-state index in [9.17, 15) is 22.8 Å². The van der Waals surface area contributed by atoms with Gasteiger partial charge in [0.2, 0.25) is 11.8 Å². The number of carbonyl (C=O) groups is 2. The van der Waals surface area contributed by atoms with Gasteiger partial charge in [-0.05, 0) is 30.2 Å². The summed E-state index contributed by atoms with van der Waals surface area (Å²) in [4.78, 5) is 25.9. The van der Waals surface area contributed by atoms with Crippen molar-refractivity contribution in [3.8, 4) is 0 Å². The molecule has 0 aliphatic rings. The standard InChI is InChI=1S/C22H21F3N2O3/c1-3-14-8-9-16-15(13-30-19(16)10-14)11-21(29)27(2)12-20(28)26-18-7-5-4-6-17(18)22(23,24)25/h4-10,13H,3,11-12H2,1-2H3,(H,26,28). The predicted molar refractivity (Wildman–Crippen MR) is 107 cm³/mol. The zero-order chi connectivity index (χ0) is 21.9. The van der Waals surface area contributed by atoms with E-state index >= 15 is 0 Å². The lowest BCUT2D eigenvalue weighted by Crippen LogP contribution is -2.36. The average molecular weight is 418 g/mol. The lowest BCUT2D eigenvalue weighted by atomic mass is 10.1. The Bertz CT molecular complexity index is 1070. The first-order valence-corrected chi connectivity index (χ1v) is 9.38. The third-order valence-electron chi connectivity index (χ3n) is 4.78. The van der Waals surface area contributed by atoms with Crippen LogP contribution in [0.4, 0.5) is 18.9 Å². The van der Waals surface area contributed by atoms with Gasteiger partial charge in [-0.25, -0.2) is 0 Å². The summed E-state index contributed by atoms with van der Waals surface area (Å²) in [7, 11) is 1.43. The minimum atomic E-state index is -4.59. The third-order valence-corrected chi connectivity index (χ3v) is 4.78. The Morgan fingerprint density at radius 3 is 2.57 bits per heavy atom. The van der Waals surface area contributed by atoms with E-state index in [2.05, 4.69) is 5.32 Å². The Kier molecular flexibility index (Phi) is 6.14. The van der Waals surface area contributed by atoms with E-state index in [0.717, 1.165) is 23.4 Å². The van der Waals surface area contributed by atoms with Crippen LogP contribution in [0.25, 0.3) is 11.0 Å². The van der Waals surface area contributed by atoms with Gasteiger partial charge in [-0.15, -0.1) is 0 Å². The van der Waals surface area contributed by atoms with Crippen molar-refractivity contribution in [2.75, 3.05) is 18.9 Å². The molecule has 3 aromatic rings.